The van der Waals surface area contributed by atoms with Crippen LogP contribution in [0.4, 0.5) is 4.39 Å². The normalized spacial score (nSPS) is 11.4. The van der Waals surface area contributed by atoms with E-state index in [0.717, 1.165) is 11.6 Å². The van der Waals surface area contributed by atoms with Gasteiger partial charge in [0.2, 0.25) is 0 Å². The van der Waals surface area contributed by atoms with Crippen LogP contribution >= 0.6 is 0 Å². The Balaban J connectivity index is 1.93. The van der Waals surface area contributed by atoms with E-state index in [1.54, 1.807) is 6.92 Å². The van der Waals surface area contributed by atoms with Crippen molar-refractivity contribution in [2.24, 2.45) is 0 Å². The maximum Gasteiger partial charge on any atom is 0.338 e. The Morgan fingerprint density at radius 1 is 1.11 bits per heavy atom. The molecule has 2 aromatic rings. The summed E-state index contributed by atoms with van der Waals surface area (Å²) in [4.78, 5) is 35.9. The van der Waals surface area contributed by atoms with Crippen LogP contribution in [0.25, 0.3) is 0 Å². The second kappa shape index (κ2) is 9.47. The molecule has 0 aliphatic heterocycles. The van der Waals surface area contributed by atoms with Crippen LogP contribution in [-0.2, 0) is 25.5 Å². The van der Waals surface area contributed by atoms with Gasteiger partial charge in [0.25, 0.3) is 5.91 Å². The number of benzene rings is 2. The molecule has 0 unspecified atom stereocenters. The van der Waals surface area contributed by atoms with Crippen molar-refractivity contribution in [2.45, 2.75) is 19.4 Å². The highest BCUT2D eigenvalue weighted by Gasteiger charge is 2.22. The number of halogens is 1. The Morgan fingerprint density at radius 2 is 1.81 bits per heavy atom. The SMILES string of the molecule is COC(=O)[C@@H](Cc1ccccc1)NC(=O)COC(=O)c1ccc(C)c(F)c1. The summed E-state index contributed by atoms with van der Waals surface area (Å²) in [5.41, 5.74) is 1.23. The van der Waals surface area contributed by atoms with Crippen molar-refractivity contribution < 1.29 is 28.2 Å². The lowest BCUT2D eigenvalue weighted by molar-refractivity contribution is -0.145. The van der Waals surface area contributed by atoms with Gasteiger partial charge < -0.3 is 14.8 Å². The molecule has 1 N–H and O–H groups in total. The molecule has 1 amide bonds. The molecule has 0 spiro atoms. The van der Waals surface area contributed by atoms with E-state index in [4.69, 9.17) is 9.47 Å². The first-order valence-corrected chi connectivity index (χ1v) is 8.25. The van der Waals surface area contributed by atoms with Crippen LogP contribution in [0.15, 0.2) is 48.5 Å². The van der Waals surface area contributed by atoms with Gasteiger partial charge in [0.05, 0.1) is 12.7 Å². The highest BCUT2D eigenvalue weighted by Crippen LogP contribution is 2.10. The largest absolute Gasteiger partial charge is 0.467 e. The smallest absolute Gasteiger partial charge is 0.338 e. The van der Waals surface area contributed by atoms with E-state index >= 15 is 0 Å². The summed E-state index contributed by atoms with van der Waals surface area (Å²) < 4.78 is 23.1. The molecule has 27 heavy (non-hydrogen) atoms. The summed E-state index contributed by atoms with van der Waals surface area (Å²) in [5, 5.41) is 2.48. The number of nitrogens with one attached hydrogen (secondary N) is 1. The first kappa shape index (κ1) is 20.1. The number of rotatable bonds is 7. The van der Waals surface area contributed by atoms with Crippen molar-refractivity contribution in [3.63, 3.8) is 0 Å². The average molecular weight is 373 g/mol. The van der Waals surface area contributed by atoms with E-state index in [9.17, 15) is 18.8 Å². The number of hydrogen-bond donors (Lipinski definition) is 1. The molecule has 0 saturated carbocycles. The van der Waals surface area contributed by atoms with Crippen LogP contribution in [0.3, 0.4) is 0 Å². The molecule has 0 aromatic heterocycles. The first-order chi connectivity index (χ1) is 12.9. The molecular weight excluding hydrogens is 353 g/mol. The highest BCUT2D eigenvalue weighted by molar-refractivity contribution is 5.92. The lowest BCUT2D eigenvalue weighted by atomic mass is 10.1. The number of amides is 1. The minimum atomic E-state index is -0.916. The van der Waals surface area contributed by atoms with Crippen LogP contribution < -0.4 is 5.32 Å². The number of carbonyl (C=O) groups excluding carboxylic acids is 3. The van der Waals surface area contributed by atoms with Gasteiger partial charge in [0, 0.05) is 6.42 Å². The third-order valence-corrected chi connectivity index (χ3v) is 3.85. The van der Waals surface area contributed by atoms with Crippen molar-refractivity contribution >= 4 is 17.8 Å². The maximum atomic E-state index is 13.5. The molecule has 0 aliphatic carbocycles. The Hall–Kier alpha value is -3.22. The van der Waals surface area contributed by atoms with Gasteiger partial charge in [-0.3, -0.25) is 4.79 Å². The predicted octanol–water partition coefficient (Wildman–Crippen LogP) is 2.19. The molecule has 0 fully saturated rings. The number of carbonyl (C=O) groups is 3. The van der Waals surface area contributed by atoms with E-state index in [1.807, 2.05) is 30.3 Å². The predicted molar refractivity (Wildman–Crippen MR) is 95.5 cm³/mol. The zero-order valence-corrected chi connectivity index (χ0v) is 15.0. The minimum Gasteiger partial charge on any atom is -0.467 e. The van der Waals surface area contributed by atoms with Crippen LogP contribution in [-0.4, -0.2) is 37.6 Å². The van der Waals surface area contributed by atoms with E-state index < -0.39 is 36.3 Å². The molecule has 7 heteroatoms. The third-order valence-electron chi connectivity index (χ3n) is 3.85. The van der Waals surface area contributed by atoms with Crippen LogP contribution in [0.5, 0.6) is 0 Å². The van der Waals surface area contributed by atoms with Gasteiger partial charge in [-0.05, 0) is 30.2 Å². The van der Waals surface area contributed by atoms with Gasteiger partial charge in [-0.2, -0.15) is 0 Å². The zero-order chi connectivity index (χ0) is 19.8. The number of methoxy groups -OCH3 is 1. The van der Waals surface area contributed by atoms with Gasteiger partial charge in [0.1, 0.15) is 11.9 Å². The molecule has 142 valence electrons. The van der Waals surface area contributed by atoms with Gasteiger partial charge >= 0.3 is 11.9 Å². The fraction of sp³-hybridized carbons (Fsp3) is 0.250. The monoisotopic (exact) mass is 373 g/mol. The van der Waals surface area contributed by atoms with Gasteiger partial charge in [-0.15, -0.1) is 0 Å². The van der Waals surface area contributed by atoms with Crippen molar-refractivity contribution in [2.75, 3.05) is 13.7 Å². The molecule has 0 saturated heterocycles. The Kier molecular flexibility index (Phi) is 7.05. The molecule has 2 aromatic carbocycles. The number of aryl methyl sites for hydroxylation is 1. The van der Waals surface area contributed by atoms with E-state index in [1.165, 1.54) is 19.2 Å². The summed E-state index contributed by atoms with van der Waals surface area (Å²) >= 11 is 0. The fourth-order valence-electron chi connectivity index (χ4n) is 2.36. The van der Waals surface area contributed by atoms with Crippen LogP contribution in [0, 0.1) is 12.7 Å². The third kappa shape index (κ3) is 5.91. The first-order valence-electron chi connectivity index (χ1n) is 8.25. The number of ether oxygens (including phenoxy) is 2. The topological polar surface area (TPSA) is 81.7 Å². The minimum absolute atomic E-state index is 0.000275. The quantitative estimate of drug-likeness (QED) is 0.753. The molecule has 0 radical (unpaired) electrons. The molecular formula is C20H20FNO5. The summed E-state index contributed by atoms with van der Waals surface area (Å²) in [7, 11) is 1.22. The lowest BCUT2D eigenvalue weighted by Gasteiger charge is -2.16. The van der Waals surface area contributed by atoms with Gasteiger partial charge in [-0.1, -0.05) is 36.4 Å². The van der Waals surface area contributed by atoms with Crippen molar-refractivity contribution in [1.29, 1.82) is 0 Å². The molecule has 0 bridgehead atoms. The van der Waals surface area contributed by atoms with E-state index in [2.05, 4.69) is 5.32 Å². The molecule has 0 heterocycles. The van der Waals surface area contributed by atoms with Crippen molar-refractivity contribution in [1.82, 2.24) is 5.32 Å². The average Bonchev–Trinajstić information content (AvgIpc) is 2.67. The van der Waals surface area contributed by atoms with Crippen LogP contribution in [0.2, 0.25) is 0 Å². The molecule has 0 aliphatic rings. The van der Waals surface area contributed by atoms with Gasteiger partial charge in [0.15, 0.2) is 6.61 Å². The number of esters is 2. The summed E-state index contributed by atoms with van der Waals surface area (Å²) in [6.07, 6.45) is 0.233. The molecule has 2 rings (SSSR count). The Labute approximate surface area is 156 Å². The summed E-state index contributed by atoms with van der Waals surface area (Å²) in [5.74, 6) is -2.65. The van der Waals surface area contributed by atoms with Gasteiger partial charge in [-0.25, -0.2) is 14.0 Å². The molecule has 1 atom stereocenters. The van der Waals surface area contributed by atoms with Crippen molar-refractivity contribution in [3.05, 3.63) is 71.0 Å². The lowest BCUT2D eigenvalue weighted by Crippen LogP contribution is -2.44. The fourth-order valence-corrected chi connectivity index (χ4v) is 2.36. The zero-order valence-electron chi connectivity index (χ0n) is 15.0. The van der Waals surface area contributed by atoms with Crippen LogP contribution in [0.1, 0.15) is 21.5 Å². The maximum absolute atomic E-state index is 13.5. The van der Waals surface area contributed by atoms with E-state index in [-0.39, 0.29) is 12.0 Å². The van der Waals surface area contributed by atoms with E-state index in [0.29, 0.717) is 5.56 Å². The summed E-state index contributed by atoms with van der Waals surface area (Å²) in [6.45, 7) is 0.966. The second-order valence-corrected chi connectivity index (χ2v) is 5.87. The summed E-state index contributed by atoms with van der Waals surface area (Å²) in [6, 6.07) is 12.1. The Bertz CT molecular complexity index is 822. The second-order valence-electron chi connectivity index (χ2n) is 5.87. The number of hydrogen-bond acceptors (Lipinski definition) is 5. The molecule has 6 nitrogen and oxygen atoms in total. The highest BCUT2D eigenvalue weighted by atomic mass is 19.1. The Morgan fingerprint density at radius 3 is 2.44 bits per heavy atom. The standard InChI is InChI=1S/C20H20FNO5/c1-13-8-9-15(11-16(13)21)19(24)27-12-18(23)22-17(20(25)26-2)10-14-6-4-3-5-7-14/h3-9,11,17H,10,12H2,1-2H3,(H,22,23)/t17-/m1/s1. The van der Waals surface area contributed by atoms with Crippen molar-refractivity contribution in [3.8, 4) is 0 Å².